The highest BCUT2D eigenvalue weighted by molar-refractivity contribution is 6.19. The summed E-state index contributed by atoms with van der Waals surface area (Å²) >= 11 is 0. The fraction of sp³-hybridized carbons (Fsp3) is 0.0698. The third-order valence-corrected chi connectivity index (χ3v) is 8.46. The van der Waals surface area contributed by atoms with Gasteiger partial charge in [0, 0.05) is 33.8 Å². The molecule has 7 rings (SSSR count). The highest BCUT2D eigenvalue weighted by Crippen LogP contribution is 2.42. The van der Waals surface area contributed by atoms with E-state index in [1.54, 1.807) is 30.5 Å². The molecule has 4 aromatic carbocycles. The summed E-state index contributed by atoms with van der Waals surface area (Å²) < 4.78 is 6.22. The lowest BCUT2D eigenvalue weighted by Gasteiger charge is -2.15. The Labute approximate surface area is 290 Å². The Bertz CT molecular complexity index is 2590. The molecule has 7 heteroatoms. The van der Waals surface area contributed by atoms with Gasteiger partial charge in [-0.2, -0.15) is 10.5 Å². The molecule has 0 saturated heterocycles. The SMILES string of the molecule is C/C=C\C=C(/N)c1ccnc(C#N)c1.Cc1c2ccccc2c(-c2cccc(C(/C=C\N)=C/CC#N)n2)c2cc3c(cc12)oc1ccccc13. The Kier molecular flexibility index (Phi) is 9.79. The zero-order valence-electron chi connectivity index (χ0n) is 27.8. The average Bonchev–Trinajstić information content (AvgIpc) is 3.53. The van der Waals surface area contributed by atoms with Crippen LogP contribution in [0, 0.1) is 29.6 Å². The van der Waals surface area contributed by atoms with Gasteiger partial charge in [0.15, 0.2) is 0 Å². The molecule has 0 saturated carbocycles. The maximum Gasteiger partial charge on any atom is 0.141 e. The molecule has 0 fully saturated rings. The number of aromatic nitrogens is 2. The Morgan fingerprint density at radius 2 is 1.62 bits per heavy atom. The van der Waals surface area contributed by atoms with Gasteiger partial charge in [0.1, 0.15) is 22.9 Å². The van der Waals surface area contributed by atoms with Crippen LogP contribution in [0.4, 0.5) is 0 Å². The normalized spacial score (nSPS) is 12.1. The molecule has 50 heavy (non-hydrogen) atoms. The number of nitrogens with two attached hydrogens (primary N) is 2. The van der Waals surface area contributed by atoms with Crippen molar-refractivity contribution in [3.05, 3.63) is 156 Å². The zero-order valence-corrected chi connectivity index (χ0v) is 27.8. The molecule has 0 spiro atoms. The Balaban J connectivity index is 0.000000261. The second-order valence-corrected chi connectivity index (χ2v) is 11.5. The lowest BCUT2D eigenvalue weighted by atomic mass is 9.89. The monoisotopic (exact) mass is 650 g/mol. The van der Waals surface area contributed by atoms with E-state index < -0.39 is 0 Å². The van der Waals surface area contributed by atoms with Gasteiger partial charge in [0.25, 0.3) is 0 Å². The van der Waals surface area contributed by atoms with Crippen molar-refractivity contribution < 1.29 is 4.42 Å². The van der Waals surface area contributed by atoms with E-state index in [1.807, 2.05) is 67.6 Å². The van der Waals surface area contributed by atoms with Gasteiger partial charge < -0.3 is 15.9 Å². The predicted molar refractivity (Wildman–Crippen MR) is 204 cm³/mol. The fourth-order valence-electron chi connectivity index (χ4n) is 6.10. The van der Waals surface area contributed by atoms with E-state index in [1.165, 1.54) is 17.1 Å². The van der Waals surface area contributed by atoms with E-state index in [9.17, 15) is 0 Å². The number of rotatable bonds is 6. The van der Waals surface area contributed by atoms with Gasteiger partial charge in [-0.1, -0.05) is 66.8 Å². The van der Waals surface area contributed by atoms with Gasteiger partial charge in [0.2, 0.25) is 0 Å². The minimum Gasteiger partial charge on any atom is -0.456 e. The van der Waals surface area contributed by atoms with Gasteiger partial charge >= 0.3 is 0 Å². The molecule has 7 aromatic rings. The number of pyridine rings is 2. The summed E-state index contributed by atoms with van der Waals surface area (Å²) in [6.45, 7) is 4.08. The fourth-order valence-corrected chi connectivity index (χ4v) is 6.10. The van der Waals surface area contributed by atoms with Crippen LogP contribution in [0.3, 0.4) is 0 Å². The standard InChI is InChI=1S/C32H23N3O.C11H11N3/c1-20-22-9-2-3-11-24(22)32(29-13-6-12-28(35-29)21(15-17-34)8-7-16-33)27-18-26-23-10-4-5-14-30(23)36-31(26)19-25(20)27;1-2-3-4-11(13)9-5-6-14-10(7-9)8-12/h2-6,8-15,17-19H,7,34H2,1H3;2-7H,13H2,1H3/b17-15-,21-8+;3-2-,11-4-. The first-order valence-electron chi connectivity index (χ1n) is 16.1. The van der Waals surface area contributed by atoms with Crippen LogP contribution in [0.5, 0.6) is 0 Å². The Morgan fingerprint density at radius 1 is 0.840 bits per heavy atom. The summed E-state index contributed by atoms with van der Waals surface area (Å²) in [7, 11) is 0. The minimum absolute atomic E-state index is 0.285. The zero-order chi connectivity index (χ0) is 35.0. The molecular weight excluding hydrogens is 617 g/mol. The van der Waals surface area contributed by atoms with Crippen molar-refractivity contribution in [1.82, 2.24) is 9.97 Å². The molecule has 0 bridgehead atoms. The van der Waals surface area contributed by atoms with Crippen LogP contribution >= 0.6 is 0 Å². The molecule has 0 radical (unpaired) electrons. The Hall–Kier alpha value is -6.96. The van der Waals surface area contributed by atoms with E-state index in [2.05, 4.69) is 60.4 Å². The summed E-state index contributed by atoms with van der Waals surface area (Å²) in [5.74, 6) is 0. The summed E-state index contributed by atoms with van der Waals surface area (Å²) in [5.41, 5.74) is 19.8. The van der Waals surface area contributed by atoms with E-state index in [4.69, 9.17) is 31.4 Å². The number of aryl methyl sites for hydroxylation is 1. The third-order valence-electron chi connectivity index (χ3n) is 8.46. The lowest BCUT2D eigenvalue weighted by Crippen LogP contribution is -1.96. The summed E-state index contributed by atoms with van der Waals surface area (Å²) in [4.78, 5) is 8.93. The van der Waals surface area contributed by atoms with Gasteiger partial charge in [0.05, 0.1) is 23.9 Å². The molecule has 3 heterocycles. The lowest BCUT2D eigenvalue weighted by molar-refractivity contribution is 0.669. The summed E-state index contributed by atoms with van der Waals surface area (Å²) in [6, 6.07) is 34.6. The van der Waals surface area contributed by atoms with Crippen LogP contribution in [-0.2, 0) is 0 Å². The maximum atomic E-state index is 9.09. The highest BCUT2D eigenvalue weighted by Gasteiger charge is 2.18. The molecule has 3 aromatic heterocycles. The number of fused-ring (bicyclic) bond motifs is 5. The average molecular weight is 651 g/mol. The Morgan fingerprint density at radius 3 is 2.38 bits per heavy atom. The molecule has 0 aliphatic carbocycles. The van der Waals surface area contributed by atoms with Crippen LogP contribution in [0.15, 0.2) is 138 Å². The largest absolute Gasteiger partial charge is 0.456 e. The third kappa shape index (κ3) is 6.57. The van der Waals surface area contributed by atoms with Crippen LogP contribution in [-0.4, -0.2) is 9.97 Å². The topological polar surface area (TPSA) is 139 Å². The number of nitrogens with zero attached hydrogens (tertiary/aromatic N) is 4. The molecule has 0 atom stereocenters. The van der Waals surface area contributed by atoms with Crippen molar-refractivity contribution in [1.29, 1.82) is 10.5 Å². The number of hydrogen-bond acceptors (Lipinski definition) is 7. The maximum absolute atomic E-state index is 9.09. The number of furan rings is 1. The number of hydrogen-bond donors (Lipinski definition) is 2. The number of para-hydroxylation sites is 1. The molecule has 0 unspecified atom stereocenters. The van der Waals surface area contributed by atoms with Crippen LogP contribution < -0.4 is 11.5 Å². The first-order valence-corrected chi connectivity index (χ1v) is 16.1. The van der Waals surface area contributed by atoms with Crippen LogP contribution in [0.25, 0.3) is 66.0 Å². The van der Waals surface area contributed by atoms with Crippen molar-refractivity contribution in [3.63, 3.8) is 0 Å². The smallest absolute Gasteiger partial charge is 0.141 e. The van der Waals surface area contributed by atoms with Crippen molar-refractivity contribution in [2.45, 2.75) is 20.3 Å². The molecule has 7 nitrogen and oxygen atoms in total. The second kappa shape index (κ2) is 14.9. The van der Waals surface area contributed by atoms with Gasteiger partial charge in [-0.3, -0.25) is 0 Å². The molecule has 0 amide bonds. The quantitative estimate of drug-likeness (QED) is 0.135. The first kappa shape index (κ1) is 33.0. The van der Waals surface area contributed by atoms with Crippen molar-refractivity contribution in [3.8, 4) is 23.4 Å². The predicted octanol–water partition coefficient (Wildman–Crippen LogP) is 9.86. The van der Waals surface area contributed by atoms with Crippen molar-refractivity contribution in [2.24, 2.45) is 11.5 Å². The number of benzene rings is 4. The number of allylic oxidation sites excluding steroid dienone is 6. The minimum atomic E-state index is 0.285. The molecular formula is C43H34N6O. The second-order valence-electron chi connectivity index (χ2n) is 11.5. The van der Waals surface area contributed by atoms with E-state index in [0.717, 1.165) is 66.2 Å². The van der Waals surface area contributed by atoms with Gasteiger partial charge in [-0.15, -0.1) is 0 Å². The van der Waals surface area contributed by atoms with Gasteiger partial charge in [-0.05, 0) is 107 Å². The van der Waals surface area contributed by atoms with Crippen LogP contribution in [0.2, 0.25) is 0 Å². The van der Waals surface area contributed by atoms with E-state index in [-0.39, 0.29) is 6.42 Å². The van der Waals surface area contributed by atoms with Crippen molar-refractivity contribution in [2.75, 3.05) is 0 Å². The van der Waals surface area contributed by atoms with E-state index in [0.29, 0.717) is 11.4 Å². The summed E-state index contributed by atoms with van der Waals surface area (Å²) in [6.07, 6.45) is 12.5. The molecule has 4 N–H and O–H groups in total. The van der Waals surface area contributed by atoms with Crippen LogP contribution in [0.1, 0.15) is 35.9 Å². The van der Waals surface area contributed by atoms with E-state index >= 15 is 0 Å². The molecule has 0 aliphatic rings. The molecule has 0 aliphatic heterocycles. The first-order chi connectivity index (χ1) is 24.5. The van der Waals surface area contributed by atoms with Crippen molar-refractivity contribution >= 4 is 54.8 Å². The highest BCUT2D eigenvalue weighted by atomic mass is 16.3. The van der Waals surface area contributed by atoms with Gasteiger partial charge in [-0.25, -0.2) is 9.97 Å². The number of nitriles is 2. The molecule has 242 valence electrons. The summed E-state index contributed by atoms with van der Waals surface area (Å²) in [5, 5.41) is 24.5.